The number of nitro benzene ring substituents is 1. The van der Waals surface area contributed by atoms with Crippen LogP contribution in [-0.4, -0.2) is 17.9 Å². The molecule has 0 aliphatic rings. The summed E-state index contributed by atoms with van der Waals surface area (Å²) in [4.78, 5) is 22.8. The molecule has 1 N–H and O–H groups in total. The summed E-state index contributed by atoms with van der Waals surface area (Å²) in [7, 11) is 1.57. The number of para-hydroxylation sites is 1. The van der Waals surface area contributed by atoms with Gasteiger partial charge in [0.15, 0.2) is 0 Å². The Labute approximate surface area is 134 Å². The van der Waals surface area contributed by atoms with Crippen LogP contribution in [0.4, 0.5) is 5.69 Å². The number of nitrogens with zero attached hydrogens (tertiary/aromatic N) is 1. The summed E-state index contributed by atoms with van der Waals surface area (Å²) >= 11 is 0. The molecule has 0 aliphatic heterocycles. The molecular weight excluding hydrogens is 296 g/mol. The molecule has 2 rings (SSSR count). The second-order valence-corrected chi connectivity index (χ2v) is 5.20. The molecule has 0 aromatic heterocycles. The lowest BCUT2D eigenvalue weighted by Crippen LogP contribution is -2.27. The van der Waals surface area contributed by atoms with Gasteiger partial charge in [0.1, 0.15) is 5.75 Å². The highest BCUT2D eigenvalue weighted by molar-refractivity contribution is 5.95. The predicted octanol–water partition coefficient (Wildman–Crippen LogP) is 3.40. The quantitative estimate of drug-likeness (QED) is 0.677. The number of hydrogen-bond donors (Lipinski definition) is 1. The van der Waals surface area contributed by atoms with Gasteiger partial charge in [-0.2, -0.15) is 0 Å². The van der Waals surface area contributed by atoms with Crippen LogP contribution in [0.1, 0.15) is 34.5 Å². The van der Waals surface area contributed by atoms with Gasteiger partial charge in [0.25, 0.3) is 11.6 Å². The zero-order chi connectivity index (χ0) is 17.0. The molecule has 0 unspecified atom stereocenters. The van der Waals surface area contributed by atoms with Gasteiger partial charge in [0.05, 0.1) is 18.1 Å². The lowest BCUT2D eigenvalue weighted by Gasteiger charge is -2.17. The zero-order valence-electron chi connectivity index (χ0n) is 13.2. The van der Waals surface area contributed by atoms with Crippen LogP contribution in [0.2, 0.25) is 0 Å². The summed E-state index contributed by atoms with van der Waals surface area (Å²) in [6.07, 6.45) is 0. The second-order valence-electron chi connectivity index (χ2n) is 5.20. The summed E-state index contributed by atoms with van der Waals surface area (Å²) < 4.78 is 5.28. The van der Waals surface area contributed by atoms with E-state index in [-0.39, 0.29) is 23.2 Å². The fourth-order valence-electron chi connectivity index (χ4n) is 2.33. The van der Waals surface area contributed by atoms with Crippen molar-refractivity contribution < 1.29 is 14.5 Å². The van der Waals surface area contributed by atoms with Gasteiger partial charge in [-0.3, -0.25) is 14.9 Å². The molecule has 1 atom stereocenters. The Morgan fingerprint density at radius 3 is 2.61 bits per heavy atom. The van der Waals surface area contributed by atoms with Crippen LogP contribution in [0.5, 0.6) is 5.75 Å². The maximum atomic E-state index is 12.3. The Kier molecular flexibility index (Phi) is 4.95. The van der Waals surface area contributed by atoms with Crippen molar-refractivity contribution in [2.45, 2.75) is 19.9 Å². The summed E-state index contributed by atoms with van der Waals surface area (Å²) in [6, 6.07) is 11.5. The topological polar surface area (TPSA) is 81.5 Å². The second kappa shape index (κ2) is 6.91. The van der Waals surface area contributed by atoms with Crippen LogP contribution >= 0.6 is 0 Å². The summed E-state index contributed by atoms with van der Waals surface area (Å²) in [5, 5.41) is 13.8. The van der Waals surface area contributed by atoms with Crippen molar-refractivity contribution in [3.8, 4) is 5.75 Å². The van der Waals surface area contributed by atoms with Gasteiger partial charge in [-0.05, 0) is 26.0 Å². The number of hydrogen-bond acceptors (Lipinski definition) is 4. The Morgan fingerprint density at radius 2 is 1.96 bits per heavy atom. The van der Waals surface area contributed by atoms with Crippen molar-refractivity contribution in [1.82, 2.24) is 5.32 Å². The molecule has 2 aromatic rings. The normalized spacial score (nSPS) is 11.6. The number of nitrogens with one attached hydrogen (secondary N) is 1. The molecule has 120 valence electrons. The zero-order valence-corrected chi connectivity index (χ0v) is 13.2. The molecule has 0 fully saturated rings. The standard InChI is InChI=1S/C17H18N2O4/c1-11-8-9-13(10-15(11)19(21)22)17(20)18-12(2)14-6-4-5-7-16(14)23-3/h4-10,12H,1-3H3,(H,18,20)/t12-/m1/s1. The molecule has 0 bridgehead atoms. The van der Waals surface area contributed by atoms with E-state index >= 15 is 0 Å². The highest BCUT2D eigenvalue weighted by atomic mass is 16.6. The summed E-state index contributed by atoms with van der Waals surface area (Å²) in [6.45, 7) is 3.47. The minimum atomic E-state index is -0.490. The molecule has 1 amide bonds. The van der Waals surface area contributed by atoms with Crippen molar-refractivity contribution in [2.24, 2.45) is 0 Å². The highest BCUT2D eigenvalue weighted by Gasteiger charge is 2.18. The van der Waals surface area contributed by atoms with Crippen LogP contribution < -0.4 is 10.1 Å². The third-order valence-electron chi connectivity index (χ3n) is 3.62. The molecule has 23 heavy (non-hydrogen) atoms. The minimum Gasteiger partial charge on any atom is -0.496 e. The number of nitro groups is 1. The smallest absolute Gasteiger partial charge is 0.273 e. The number of methoxy groups -OCH3 is 1. The van der Waals surface area contributed by atoms with E-state index in [0.717, 1.165) is 5.56 Å². The van der Waals surface area contributed by atoms with Crippen molar-refractivity contribution in [2.75, 3.05) is 7.11 Å². The van der Waals surface area contributed by atoms with E-state index in [0.29, 0.717) is 11.3 Å². The summed E-state index contributed by atoms with van der Waals surface area (Å²) in [5.41, 5.74) is 1.54. The van der Waals surface area contributed by atoms with Gasteiger partial charge in [-0.15, -0.1) is 0 Å². The third-order valence-corrected chi connectivity index (χ3v) is 3.62. The molecular formula is C17H18N2O4. The Bertz CT molecular complexity index is 743. The number of aryl methyl sites for hydroxylation is 1. The van der Waals surface area contributed by atoms with Gasteiger partial charge in [0.2, 0.25) is 0 Å². The largest absolute Gasteiger partial charge is 0.496 e. The number of amides is 1. The number of rotatable bonds is 5. The third kappa shape index (κ3) is 3.66. The van der Waals surface area contributed by atoms with Crippen molar-refractivity contribution in [3.63, 3.8) is 0 Å². The minimum absolute atomic E-state index is 0.0670. The van der Waals surface area contributed by atoms with Crippen LogP contribution in [0.15, 0.2) is 42.5 Å². The first-order valence-corrected chi connectivity index (χ1v) is 7.13. The predicted molar refractivity (Wildman–Crippen MR) is 86.7 cm³/mol. The van der Waals surface area contributed by atoms with Gasteiger partial charge in [-0.25, -0.2) is 0 Å². The highest BCUT2D eigenvalue weighted by Crippen LogP contribution is 2.25. The first-order chi connectivity index (χ1) is 10.9. The van der Waals surface area contributed by atoms with E-state index in [1.807, 2.05) is 31.2 Å². The molecule has 0 radical (unpaired) electrons. The number of carbonyl (C=O) groups is 1. The Hall–Kier alpha value is -2.89. The Balaban J connectivity index is 2.22. The summed E-state index contributed by atoms with van der Waals surface area (Å²) in [5.74, 6) is 0.307. The Morgan fingerprint density at radius 1 is 1.26 bits per heavy atom. The van der Waals surface area contributed by atoms with Gasteiger partial charge >= 0.3 is 0 Å². The average Bonchev–Trinajstić information content (AvgIpc) is 2.54. The van der Waals surface area contributed by atoms with Crippen molar-refractivity contribution in [1.29, 1.82) is 0 Å². The molecule has 6 nitrogen and oxygen atoms in total. The van der Waals surface area contributed by atoms with Crippen molar-refractivity contribution >= 4 is 11.6 Å². The number of benzene rings is 2. The lowest BCUT2D eigenvalue weighted by atomic mass is 10.1. The lowest BCUT2D eigenvalue weighted by molar-refractivity contribution is -0.385. The van der Waals surface area contributed by atoms with E-state index in [1.165, 1.54) is 6.07 Å². The molecule has 0 heterocycles. The van der Waals surface area contributed by atoms with Gasteiger partial charge in [0, 0.05) is 22.8 Å². The van der Waals surface area contributed by atoms with Crippen molar-refractivity contribution in [3.05, 3.63) is 69.3 Å². The van der Waals surface area contributed by atoms with E-state index in [9.17, 15) is 14.9 Å². The first kappa shape index (κ1) is 16.5. The van der Waals surface area contributed by atoms with Gasteiger partial charge < -0.3 is 10.1 Å². The maximum absolute atomic E-state index is 12.3. The molecule has 6 heteroatoms. The molecule has 0 aliphatic carbocycles. The molecule has 0 saturated heterocycles. The number of ether oxygens (including phenoxy) is 1. The number of carbonyl (C=O) groups excluding carboxylic acids is 1. The fraction of sp³-hybridized carbons (Fsp3) is 0.235. The molecule has 0 spiro atoms. The van der Waals surface area contributed by atoms with E-state index < -0.39 is 4.92 Å². The van der Waals surface area contributed by atoms with E-state index in [4.69, 9.17) is 4.74 Å². The average molecular weight is 314 g/mol. The van der Waals surface area contributed by atoms with Crippen LogP contribution in [0.3, 0.4) is 0 Å². The fourth-order valence-corrected chi connectivity index (χ4v) is 2.33. The van der Waals surface area contributed by atoms with E-state index in [2.05, 4.69) is 5.32 Å². The molecule has 2 aromatic carbocycles. The molecule has 0 saturated carbocycles. The van der Waals surface area contributed by atoms with Crippen LogP contribution in [-0.2, 0) is 0 Å². The monoisotopic (exact) mass is 314 g/mol. The van der Waals surface area contributed by atoms with Crippen LogP contribution in [0, 0.1) is 17.0 Å². The van der Waals surface area contributed by atoms with Gasteiger partial charge in [-0.1, -0.05) is 24.3 Å². The van der Waals surface area contributed by atoms with Crippen LogP contribution in [0.25, 0.3) is 0 Å². The maximum Gasteiger partial charge on any atom is 0.273 e. The first-order valence-electron chi connectivity index (χ1n) is 7.13. The van der Waals surface area contributed by atoms with E-state index in [1.54, 1.807) is 26.2 Å². The SMILES string of the molecule is COc1ccccc1[C@@H](C)NC(=O)c1ccc(C)c([N+](=O)[O-])c1.